The zero-order valence-electron chi connectivity index (χ0n) is 11.9. The Labute approximate surface area is 115 Å². The van der Waals surface area contributed by atoms with Gasteiger partial charge in [0, 0.05) is 26.2 Å². The molecule has 1 N–H and O–H groups in total. The summed E-state index contributed by atoms with van der Waals surface area (Å²) in [6.45, 7) is 3.34. The van der Waals surface area contributed by atoms with Crippen molar-refractivity contribution in [1.82, 2.24) is 5.32 Å². The van der Waals surface area contributed by atoms with Gasteiger partial charge in [0.05, 0.1) is 6.61 Å². The summed E-state index contributed by atoms with van der Waals surface area (Å²) in [5, 5.41) is 3.26. The number of ether oxygens (including phenoxy) is 3. The summed E-state index contributed by atoms with van der Waals surface area (Å²) in [5.74, 6) is 0.888. The van der Waals surface area contributed by atoms with Crippen LogP contribution in [0.4, 0.5) is 0 Å². The van der Waals surface area contributed by atoms with E-state index in [4.69, 9.17) is 14.2 Å². The molecule has 0 aliphatic heterocycles. The lowest BCUT2D eigenvalue weighted by molar-refractivity contribution is -0.103. The van der Waals surface area contributed by atoms with Gasteiger partial charge in [-0.1, -0.05) is 12.1 Å². The minimum Gasteiger partial charge on any atom is -0.488 e. The number of hydrogen-bond acceptors (Lipinski definition) is 4. The van der Waals surface area contributed by atoms with Crippen molar-refractivity contribution < 1.29 is 14.2 Å². The molecule has 3 atom stereocenters. The van der Waals surface area contributed by atoms with Crippen LogP contribution < -0.4 is 10.1 Å². The predicted octanol–water partition coefficient (Wildman–Crippen LogP) is 1.98. The summed E-state index contributed by atoms with van der Waals surface area (Å²) in [5.41, 5.74) is 1.12. The van der Waals surface area contributed by atoms with E-state index < -0.39 is 0 Å². The quantitative estimate of drug-likeness (QED) is 0.818. The molecule has 1 aromatic rings. The molecule has 4 nitrogen and oxygen atoms in total. The first-order valence-electron chi connectivity index (χ1n) is 6.81. The number of likely N-dealkylation sites (N-methyl/N-ethyl adjacent to an activating group) is 1. The normalized spacial score (nSPS) is 25.9. The molecule has 1 saturated carbocycles. The first kappa shape index (κ1) is 14.3. The number of methoxy groups -OCH3 is 1. The van der Waals surface area contributed by atoms with Gasteiger partial charge < -0.3 is 19.5 Å². The Morgan fingerprint density at radius 2 is 2.21 bits per heavy atom. The molecule has 0 saturated heterocycles. The predicted molar refractivity (Wildman–Crippen MR) is 74.4 cm³/mol. The first-order chi connectivity index (χ1) is 9.28. The molecule has 0 bridgehead atoms. The van der Waals surface area contributed by atoms with Crippen molar-refractivity contribution in [1.29, 1.82) is 0 Å². The number of benzene rings is 1. The largest absolute Gasteiger partial charge is 0.488 e. The molecular weight excluding hydrogens is 242 g/mol. The van der Waals surface area contributed by atoms with E-state index in [0.717, 1.165) is 17.7 Å². The van der Waals surface area contributed by atoms with E-state index in [9.17, 15) is 0 Å². The third-order valence-electron chi connectivity index (χ3n) is 3.48. The fraction of sp³-hybridized carbons (Fsp3) is 0.600. The van der Waals surface area contributed by atoms with Crippen LogP contribution in [0, 0.1) is 0 Å². The maximum Gasteiger partial charge on any atom is 0.128 e. The molecule has 0 amide bonds. The van der Waals surface area contributed by atoms with Crippen molar-refractivity contribution in [2.75, 3.05) is 20.8 Å². The molecule has 1 aromatic carbocycles. The van der Waals surface area contributed by atoms with E-state index in [-0.39, 0.29) is 12.2 Å². The lowest BCUT2D eigenvalue weighted by atomic mass is 9.85. The Morgan fingerprint density at radius 3 is 2.89 bits per heavy atom. The molecule has 0 radical (unpaired) electrons. The third kappa shape index (κ3) is 3.47. The van der Waals surface area contributed by atoms with Gasteiger partial charge in [0.25, 0.3) is 0 Å². The molecule has 1 aliphatic rings. The van der Waals surface area contributed by atoms with E-state index in [1.807, 2.05) is 38.2 Å². The van der Waals surface area contributed by atoms with Crippen LogP contribution in [-0.2, 0) is 16.1 Å². The summed E-state index contributed by atoms with van der Waals surface area (Å²) in [6, 6.07) is 8.43. The summed E-state index contributed by atoms with van der Waals surface area (Å²) < 4.78 is 16.9. The molecule has 0 aromatic heterocycles. The van der Waals surface area contributed by atoms with Crippen molar-refractivity contribution in [2.45, 2.75) is 38.2 Å². The monoisotopic (exact) mass is 265 g/mol. The molecule has 0 spiro atoms. The Morgan fingerprint density at radius 1 is 1.37 bits per heavy atom. The summed E-state index contributed by atoms with van der Waals surface area (Å²) in [7, 11) is 3.66. The van der Waals surface area contributed by atoms with Gasteiger partial charge in [0.15, 0.2) is 0 Å². The van der Waals surface area contributed by atoms with Crippen LogP contribution in [0.1, 0.15) is 18.9 Å². The van der Waals surface area contributed by atoms with Gasteiger partial charge in [0.1, 0.15) is 18.0 Å². The van der Waals surface area contributed by atoms with Crippen molar-refractivity contribution in [3.8, 4) is 5.75 Å². The van der Waals surface area contributed by atoms with E-state index in [2.05, 4.69) is 5.32 Å². The van der Waals surface area contributed by atoms with Gasteiger partial charge in [0.2, 0.25) is 0 Å². The Balaban J connectivity index is 1.95. The number of hydrogen-bond donors (Lipinski definition) is 1. The lowest BCUT2D eigenvalue weighted by Crippen LogP contribution is -2.60. The zero-order chi connectivity index (χ0) is 13.7. The van der Waals surface area contributed by atoms with Crippen LogP contribution in [0.3, 0.4) is 0 Å². The standard InChI is InChI=1S/C15H23NO3/c1-4-18-15-13(16-2)9-14(15)19-12-7-5-6-11(8-12)10-17-3/h5-8,13-16H,4,9-10H2,1-3H3. The maximum atomic E-state index is 6.01. The first-order valence-corrected chi connectivity index (χ1v) is 6.81. The highest BCUT2D eigenvalue weighted by Gasteiger charge is 2.42. The van der Waals surface area contributed by atoms with E-state index in [1.54, 1.807) is 7.11 Å². The van der Waals surface area contributed by atoms with Crippen LogP contribution in [0.15, 0.2) is 24.3 Å². The fourth-order valence-corrected chi connectivity index (χ4v) is 2.45. The SMILES string of the molecule is CCOC1C(NC)CC1Oc1cccc(COC)c1. The minimum atomic E-state index is 0.134. The number of rotatable bonds is 7. The average molecular weight is 265 g/mol. The summed E-state index contributed by atoms with van der Waals surface area (Å²) in [4.78, 5) is 0. The van der Waals surface area contributed by atoms with Gasteiger partial charge in [-0.25, -0.2) is 0 Å². The van der Waals surface area contributed by atoms with Crippen molar-refractivity contribution in [3.05, 3.63) is 29.8 Å². The van der Waals surface area contributed by atoms with E-state index in [0.29, 0.717) is 19.3 Å². The molecule has 2 rings (SSSR count). The number of nitrogens with one attached hydrogen (secondary N) is 1. The van der Waals surface area contributed by atoms with Gasteiger partial charge in [-0.2, -0.15) is 0 Å². The van der Waals surface area contributed by atoms with Gasteiger partial charge in [-0.15, -0.1) is 0 Å². The van der Waals surface area contributed by atoms with E-state index in [1.165, 1.54) is 0 Å². The fourth-order valence-electron chi connectivity index (χ4n) is 2.45. The highest BCUT2D eigenvalue weighted by atomic mass is 16.5. The van der Waals surface area contributed by atoms with Gasteiger partial charge >= 0.3 is 0 Å². The van der Waals surface area contributed by atoms with E-state index >= 15 is 0 Å². The van der Waals surface area contributed by atoms with Crippen molar-refractivity contribution >= 4 is 0 Å². The van der Waals surface area contributed by atoms with Crippen LogP contribution >= 0.6 is 0 Å². The molecule has 106 valence electrons. The molecule has 1 fully saturated rings. The highest BCUT2D eigenvalue weighted by molar-refractivity contribution is 5.28. The molecule has 4 heteroatoms. The second-order valence-corrected chi connectivity index (χ2v) is 4.79. The second-order valence-electron chi connectivity index (χ2n) is 4.79. The van der Waals surface area contributed by atoms with Crippen molar-refractivity contribution in [2.24, 2.45) is 0 Å². The summed E-state index contributed by atoms with van der Waals surface area (Å²) >= 11 is 0. The third-order valence-corrected chi connectivity index (χ3v) is 3.48. The molecular formula is C15H23NO3. The van der Waals surface area contributed by atoms with Gasteiger partial charge in [-0.05, 0) is 31.7 Å². The van der Waals surface area contributed by atoms with Crippen LogP contribution in [0.5, 0.6) is 5.75 Å². The smallest absolute Gasteiger partial charge is 0.128 e. The minimum absolute atomic E-state index is 0.134. The topological polar surface area (TPSA) is 39.7 Å². The highest BCUT2D eigenvalue weighted by Crippen LogP contribution is 2.29. The van der Waals surface area contributed by atoms with Crippen LogP contribution in [0.25, 0.3) is 0 Å². The average Bonchev–Trinajstić information content (AvgIpc) is 2.41. The van der Waals surface area contributed by atoms with Crippen LogP contribution in [0.2, 0.25) is 0 Å². The zero-order valence-corrected chi connectivity index (χ0v) is 11.9. The maximum absolute atomic E-state index is 6.01. The molecule has 1 aliphatic carbocycles. The molecule has 0 heterocycles. The summed E-state index contributed by atoms with van der Waals surface area (Å²) in [6.07, 6.45) is 1.26. The Kier molecular flexibility index (Phi) is 5.19. The Bertz CT molecular complexity index is 397. The Hall–Kier alpha value is -1.10. The van der Waals surface area contributed by atoms with Crippen molar-refractivity contribution in [3.63, 3.8) is 0 Å². The van der Waals surface area contributed by atoms with Gasteiger partial charge in [-0.3, -0.25) is 0 Å². The molecule has 19 heavy (non-hydrogen) atoms. The lowest BCUT2D eigenvalue weighted by Gasteiger charge is -2.43. The van der Waals surface area contributed by atoms with Crippen LogP contribution in [-0.4, -0.2) is 39.0 Å². The second kappa shape index (κ2) is 6.89. The molecule has 3 unspecified atom stereocenters.